The second-order valence-corrected chi connectivity index (χ2v) is 4.89. The van der Waals surface area contributed by atoms with Crippen molar-refractivity contribution in [2.45, 2.75) is 6.92 Å². The number of aryl methyl sites for hydroxylation is 1. The summed E-state index contributed by atoms with van der Waals surface area (Å²) in [6.07, 6.45) is 1.53. The van der Waals surface area contributed by atoms with E-state index in [1.54, 1.807) is 0 Å². The van der Waals surface area contributed by atoms with Gasteiger partial charge in [0.2, 0.25) is 10.3 Å². The summed E-state index contributed by atoms with van der Waals surface area (Å²) in [5, 5.41) is 11.4. The predicted molar refractivity (Wildman–Crippen MR) is 59.1 cm³/mol. The molecule has 2 rings (SSSR count). The van der Waals surface area contributed by atoms with Crippen molar-refractivity contribution in [3.05, 3.63) is 16.1 Å². The summed E-state index contributed by atoms with van der Waals surface area (Å²) in [6, 6.07) is 0. The van der Waals surface area contributed by atoms with Crippen LogP contribution >= 0.6 is 22.7 Å². The zero-order chi connectivity index (χ0) is 10.8. The van der Waals surface area contributed by atoms with Crippen LogP contribution in [0.2, 0.25) is 0 Å². The van der Waals surface area contributed by atoms with Gasteiger partial charge in [0.1, 0.15) is 4.88 Å². The normalized spacial score (nSPS) is 10.2. The van der Waals surface area contributed by atoms with E-state index in [0.717, 1.165) is 16.3 Å². The van der Waals surface area contributed by atoms with Crippen molar-refractivity contribution in [3.63, 3.8) is 0 Å². The first kappa shape index (κ1) is 9.99. The summed E-state index contributed by atoms with van der Waals surface area (Å²) >= 11 is 2.45. The highest BCUT2D eigenvalue weighted by Crippen LogP contribution is 2.19. The molecule has 78 valence electrons. The Morgan fingerprint density at radius 1 is 1.47 bits per heavy atom. The molecule has 0 aromatic carbocycles. The van der Waals surface area contributed by atoms with Crippen LogP contribution < -0.4 is 11.1 Å². The van der Waals surface area contributed by atoms with Gasteiger partial charge < -0.3 is 5.73 Å². The molecule has 3 N–H and O–H groups in total. The van der Waals surface area contributed by atoms with Gasteiger partial charge in [0, 0.05) is 0 Å². The topological polar surface area (TPSA) is 93.8 Å². The summed E-state index contributed by atoms with van der Waals surface area (Å²) in [5.41, 5.74) is 5.38. The van der Waals surface area contributed by atoms with Gasteiger partial charge in [0.25, 0.3) is 5.91 Å². The number of aromatic nitrogens is 3. The van der Waals surface area contributed by atoms with Crippen molar-refractivity contribution in [1.82, 2.24) is 15.2 Å². The largest absolute Gasteiger partial charge is 0.374 e. The van der Waals surface area contributed by atoms with Crippen molar-refractivity contribution in [2.75, 3.05) is 11.1 Å². The maximum Gasteiger partial charge on any atom is 0.269 e. The van der Waals surface area contributed by atoms with E-state index in [1.807, 2.05) is 6.92 Å². The standard InChI is InChI=1S/C7H7N5OS2/c1-3-9-2-4(14-3)5(13)10-7-12-11-6(8)15-7/h2H,1H3,(H2,8,11)(H,10,12,13). The molecule has 8 heteroatoms. The first-order valence-electron chi connectivity index (χ1n) is 3.98. The molecule has 0 aliphatic rings. The summed E-state index contributed by atoms with van der Waals surface area (Å²) < 4.78 is 0. The molecule has 2 aromatic rings. The lowest BCUT2D eigenvalue weighted by Crippen LogP contribution is -2.09. The van der Waals surface area contributed by atoms with Gasteiger partial charge in [-0.3, -0.25) is 10.1 Å². The quantitative estimate of drug-likeness (QED) is 0.822. The van der Waals surface area contributed by atoms with Crippen molar-refractivity contribution in [2.24, 2.45) is 0 Å². The Morgan fingerprint density at radius 2 is 2.27 bits per heavy atom. The number of rotatable bonds is 2. The molecule has 0 spiro atoms. The van der Waals surface area contributed by atoms with E-state index < -0.39 is 0 Å². The lowest BCUT2D eigenvalue weighted by Gasteiger charge is -1.95. The maximum absolute atomic E-state index is 11.6. The minimum absolute atomic E-state index is 0.239. The van der Waals surface area contributed by atoms with E-state index >= 15 is 0 Å². The van der Waals surface area contributed by atoms with Crippen LogP contribution in [-0.4, -0.2) is 21.1 Å². The average Bonchev–Trinajstić information content (AvgIpc) is 2.75. The third-order valence-electron chi connectivity index (χ3n) is 1.51. The van der Waals surface area contributed by atoms with Crippen LogP contribution in [0.4, 0.5) is 10.3 Å². The van der Waals surface area contributed by atoms with Gasteiger partial charge in [0.05, 0.1) is 11.2 Å². The van der Waals surface area contributed by atoms with Crippen LogP contribution in [0, 0.1) is 6.92 Å². The third-order valence-corrected chi connectivity index (χ3v) is 3.09. The van der Waals surface area contributed by atoms with Crippen LogP contribution in [0.3, 0.4) is 0 Å². The van der Waals surface area contributed by atoms with Gasteiger partial charge in [-0.15, -0.1) is 21.5 Å². The molecule has 0 atom stereocenters. The number of nitrogens with two attached hydrogens (primary N) is 1. The molecule has 15 heavy (non-hydrogen) atoms. The Balaban J connectivity index is 2.10. The second kappa shape index (κ2) is 3.91. The Hall–Kier alpha value is -1.54. The number of anilines is 2. The minimum Gasteiger partial charge on any atom is -0.374 e. The van der Waals surface area contributed by atoms with Crippen LogP contribution in [0.5, 0.6) is 0 Å². The van der Waals surface area contributed by atoms with Gasteiger partial charge in [-0.25, -0.2) is 4.98 Å². The summed E-state index contributed by atoms with van der Waals surface area (Å²) in [4.78, 5) is 16.1. The highest BCUT2D eigenvalue weighted by atomic mass is 32.1. The number of carbonyl (C=O) groups excluding carboxylic acids is 1. The Morgan fingerprint density at radius 3 is 2.80 bits per heavy atom. The van der Waals surface area contributed by atoms with Crippen molar-refractivity contribution in [1.29, 1.82) is 0 Å². The van der Waals surface area contributed by atoms with Crippen LogP contribution in [-0.2, 0) is 0 Å². The minimum atomic E-state index is -0.239. The number of hydrogen-bond acceptors (Lipinski definition) is 7. The Bertz CT molecular complexity index is 491. The number of nitrogens with one attached hydrogen (secondary N) is 1. The molecule has 2 aromatic heterocycles. The SMILES string of the molecule is Cc1ncc(C(=O)Nc2nnc(N)s2)s1. The zero-order valence-electron chi connectivity index (χ0n) is 7.72. The average molecular weight is 241 g/mol. The molecule has 0 aliphatic heterocycles. The Labute approximate surface area is 93.2 Å². The van der Waals surface area contributed by atoms with Gasteiger partial charge in [-0.2, -0.15) is 0 Å². The van der Waals surface area contributed by atoms with E-state index in [-0.39, 0.29) is 5.91 Å². The number of amides is 1. The zero-order valence-corrected chi connectivity index (χ0v) is 9.35. The third kappa shape index (κ3) is 2.28. The van der Waals surface area contributed by atoms with E-state index in [0.29, 0.717) is 15.1 Å². The van der Waals surface area contributed by atoms with Gasteiger partial charge >= 0.3 is 0 Å². The number of thiazole rings is 1. The fraction of sp³-hybridized carbons (Fsp3) is 0.143. The molecule has 6 nitrogen and oxygen atoms in total. The van der Waals surface area contributed by atoms with Crippen molar-refractivity contribution < 1.29 is 4.79 Å². The number of hydrogen-bond donors (Lipinski definition) is 2. The molecule has 0 radical (unpaired) electrons. The second-order valence-electron chi connectivity index (χ2n) is 2.64. The van der Waals surface area contributed by atoms with Crippen LogP contribution in [0.1, 0.15) is 14.7 Å². The smallest absolute Gasteiger partial charge is 0.269 e. The molecule has 0 bridgehead atoms. The molecule has 2 heterocycles. The molecule has 1 amide bonds. The lowest BCUT2D eigenvalue weighted by molar-refractivity contribution is 0.103. The number of nitrogens with zero attached hydrogens (tertiary/aromatic N) is 3. The summed E-state index contributed by atoms with van der Waals surface area (Å²) in [5.74, 6) is -0.239. The predicted octanol–water partition coefficient (Wildman–Crippen LogP) is 1.14. The first-order chi connectivity index (χ1) is 7.15. The first-order valence-corrected chi connectivity index (χ1v) is 5.61. The van der Waals surface area contributed by atoms with E-state index in [9.17, 15) is 4.79 Å². The van der Waals surface area contributed by atoms with Crippen molar-refractivity contribution in [3.8, 4) is 0 Å². The maximum atomic E-state index is 11.6. The molecule has 0 saturated carbocycles. The highest BCUT2D eigenvalue weighted by Gasteiger charge is 2.11. The molecular weight excluding hydrogens is 234 g/mol. The molecule has 0 fully saturated rings. The van der Waals surface area contributed by atoms with E-state index in [1.165, 1.54) is 17.5 Å². The number of carbonyl (C=O) groups is 1. The highest BCUT2D eigenvalue weighted by molar-refractivity contribution is 7.19. The van der Waals surface area contributed by atoms with E-state index in [4.69, 9.17) is 5.73 Å². The molecular formula is C7H7N5OS2. The van der Waals surface area contributed by atoms with Gasteiger partial charge in [-0.1, -0.05) is 11.3 Å². The van der Waals surface area contributed by atoms with Gasteiger partial charge in [-0.05, 0) is 6.92 Å². The fourth-order valence-corrected chi connectivity index (χ4v) is 2.09. The fourth-order valence-electron chi connectivity index (χ4n) is 0.910. The summed E-state index contributed by atoms with van der Waals surface area (Å²) in [6.45, 7) is 1.84. The lowest BCUT2D eigenvalue weighted by atomic mass is 10.5. The van der Waals surface area contributed by atoms with Gasteiger partial charge in [0.15, 0.2) is 0 Å². The molecule has 0 saturated heterocycles. The van der Waals surface area contributed by atoms with Crippen LogP contribution in [0.25, 0.3) is 0 Å². The van der Waals surface area contributed by atoms with Crippen molar-refractivity contribution >= 4 is 38.8 Å². The van der Waals surface area contributed by atoms with Crippen LogP contribution in [0.15, 0.2) is 6.20 Å². The molecule has 0 aliphatic carbocycles. The Kier molecular flexibility index (Phi) is 2.60. The van der Waals surface area contributed by atoms with E-state index in [2.05, 4.69) is 20.5 Å². The monoisotopic (exact) mass is 241 g/mol. The summed E-state index contributed by atoms with van der Waals surface area (Å²) in [7, 11) is 0. The molecule has 0 unspecified atom stereocenters. The number of nitrogen functional groups attached to an aromatic ring is 1.